The van der Waals surface area contributed by atoms with Crippen molar-refractivity contribution in [3.63, 3.8) is 0 Å². The summed E-state index contributed by atoms with van der Waals surface area (Å²) in [6.45, 7) is 5.12. The average molecular weight is 585 g/mol. The molecule has 1 saturated heterocycles. The minimum atomic E-state index is -3.33. The summed E-state index contributed by atoms with van der Waals surface area (Å²) in [7, 11) is -3.33. The molecule has 3 aromatic carbocycles. The van der Waals surface area contributed by atoms with Gasteiger partial charge in [-0.15, -0.1) is 0 Å². The Morgan fingerprint density at radius 2 is 1.68 bits per heavy atom. The summed E-state index contributed by atoms with van der Waals surface area (Å²) in [6.07, 6.45) is 4.55. The molecule has 0 aliphatic carbocycles. The lowest BCUT2D eigenvalue weighted by Crippen LogP contribution is -2.49. The zero-order valence-corrected chi connectivity index (χ0v) is 24.2. The summed E-state index contributed by atoms with van der Waals surface area (Å²) in [4.78, 5) is 17.3. The van der Waals surface area contributed by atoms with Gasteiger partial charge in [-0.2, -0.15) is 0 Å². The van der Waals surface area contributed by atoms with Gasteiger partial charge in [0.2, 0.25) is 10.0 Å². The van der Waals surface area contributed by atoms with Crippen molar-refractivity contribution in [2.75, 3.05) is 35.9 Å². The van der Waals surface area contributed by atoms with Crippen molar-refractivity contribution < 1.29 is 27.4 Å². The first kappa shape index (κ1) is 30.1. The normalized spacial score (nSPS) is 14.4. The van der Waals surface area contributed by atoms with Gasteiger partial charge in [-0.25, -0.2) is 17.6 Å². The number of aromatic hydroxyl groups is 1. The van der Waals surface area contributed by atoms with Crippen molar-refractivity contribution >= 4 is 27.4 Å². The SMILES string of the molecule is CCCCN(C(=O)Nc1ccc(O)cc1F)C1CCN(Cc2ccc(Oc3ccc(NS(C)(=O)=O)cc3)cc2)CC1. The molecule has 0 radical (unpaired) electrons. The Labute approximate surface area is 241 Å². The number of carbonyl (C=O) groups excluding carboxylic acids is 1. The minimum Gasteiger partial charge on any atom is -0.508 e. The number of rotatable bonds is 11. The molecule has 1 aliphatic rings. The lowest BCUT2D eigenvalue weighted by Gasteiger charge is -2.38. The molecule has 11 heteroatoms. The molecule has 3 N–H and O–H groups in total. The summed E-state index contributed by atoms with van der Waals surface area (Å²) in [5.41, 5.74) is 1.67. The minimum absolute atomic E-state index is 0.0557. The van der Waals surface area contributed by atoms with Gasteiger partial charge >= 0.3 is 6.03 Å². The molecule has 0 unspecified atom stereocenters. The van der Waals surface area contributed by atoms with Gasteiger partial charge in [0, 0.05) is 44.0 Å². The third-order valence-corrected chi connectivity index (χ3v) is 7.53. The van der Waals surface area contributed by atoms with Gasteiger partial charge in [-0.05, 0) is 73.4 Å². The second-order valence-electron chi connectivity index (χ2n) is 10.3. The number of ether oxygens (including phenoxy) is 1. The smallest absolute Gasteiger partial charge is 0.322 e. The Morgan fingerprint density at radius 3 is 2.27 bits per heavy atom. The number of nitrogens with zero attached hydrogens (tertiary/aromatic N) is 2. The quantitative estimate of drug-likeness (QED) is 0.239. The Bertz CT molecular complexity index is 1410. The monoisotopic (exact) mass is 584 g/mol. The third-order valence-electron chi connectivity index (χ3n) is 6.93. The second kappa shape index (κ2) is 13.7. The number of phenols is 1. The molecule has 0 atom stereocenters. The highest BCUT2D eigenvalue weighted by atomic mass is 32.2. The molecule has 0 saturated carbocycles. The molecular formula is C30H37FN4O5S. The molecule has 9 nitrogen and oxygen atoms in total. The van der Waals surface area contributed by atoms with Crippen LogP contribution < -0.4 is 14.8 Å². The predicted molar refractivity (Wildman–Crippen MR) is 158 cm³/mol. The molecule has 220 valence electrons. The first-order valence-corrected chi connectivity index (χ1v) is 15.6. The number of urea groups is 1. The Morgan fingerprint density at radius 1 is 1.05 bits per heavy atom. The highest BCUT2D eigenvalue weighted by Gasteiger charge is 2.28. The number of phenolic OH excluding ortho intramolecular Hbond substituents is 1. The number of nitrogens with one attached hydrogen (secondary N) is 2. The lowest BCUT2D eigenvalue weighted by atomic mass is 10.0. The third kappa shape index (κ3) is 9.09. The first-order chi connectivity index (χ1) is 19.6. The maximum atomic E-state index is 14.2. The van der Waals surface area contributed by atoms with Gasteiger partial charge in [0.15, 0.2) is 0 Å². The fraction of sp³-hybridized carbons (Fsp3) is 0.367. The summed E-state index contributed by atoms with van der Waals surface area (Å²) in [5, 5.41) is 12.1. The van der Waals surface area contributed by atoms with Crippen molar-refractivity contribution in [3.8, 4) is 17.2 Å². The highest BCUT2D eigenvalue weighted by molar-refractivity contribution is 7.92. The standard InChI is InChI=1S/C30H37FN4O5S/c1-3-4-17-35(30(37)32-29-14-9-25(36)20-28(29)31)24-15-18-34(19-16-24)21-22-5-10-26(11-6-22)40-27-12-7-23(8-13-27)33-41(2,38)39/h5-14,20,24,33,36H,3-4,15-19,21H2,1-2H3,(H,32,37). The van der Waals surface area contributed by atoms with E-state index >= 15 is 0 Å². The van der Waals surface area contributed by atoms with Crippen LogP contribution >= 0.6 is 0 Å². The summed E-state index contributed by atoms with van der Waals surface area (Å²) in [5.74, 6) is 0.427. The number of piperidine rings is 1. The number of hydrogen-bond acceptors (Lipinski definition) is 6. The Kier molecular flexibility index (Phi) is 10.1. The zero-order valence-electron chi connectivity index (χ0n) is 23.3. The number of unbranched alkanes of at least 4 members (excludes halogenated alkanes) is 1. The molecular weight excluding hydrogens is 547 g/mol. The molecule has 1 aliphatic heterocycles. The van der Waals surface area contributed by atoms with Crippen LogP contribution in [0.25, 0.3) is 0 Å². The largest absolute Gasteiger partial charge is 0.508 e. The van der Waals surface area contributed by atoms with Gasteiger partial charge in [-0.3, -0.25) is 9.62 Å². The number of hydrogen-bond donors (Lipinski definition) is 3. The Balaban J connectivity index is 1.28. The van der Waals surface area contributed by atoms with E-state index in [9.17, 15) is 22.7 Å². The molecule has 3 aromatic rings. The molecule has 41 heavy (non-hydrogen) atoms. The lowest BCUT2D eigenvalue weighted by molar-refractivity contribution is 0.122. The van der Waals surface area contributed by atoms with E-state index in [4.69, 9.17) is 4.74 Å². The van der Waals surface area contributed by atoms with Crippen molar-refractivity contribution in [2.45, 2.75) is 45.2 Å². The predicted octanol–water partition coefficient (Wildman–Crippen LogP) is 5.99. The number of anilines is 2. The number of likely N-dealkylation sites (tertiary alicyclic amines) is 1. The van der Waals surface area contributed by atoms with Crippen LogP contribution in [0.5, 0.6) is 17.2 Å². The van der Waals surface area contributed by atoms with Crippen molar-refractivity contribution in [1.82, 2.24) is 9.80 Å². The van der Waals surface area contributed by atoms with Crippen LogP contribution in [0, 0.1) is 5.82 Å². The maximum Gasteiger partial charge on any atom is 0.322 e. The van der Waals surface area contributed by atoms with E-state index in [-0.39, 0.29) is 23.5 Å². The van der Waals surface area contributed by atoms with Gasteiger partial charge in [0.25, 0.3) is 0 Å². The van der Waals surface area contributed by atoms with E-state index < -0.39 is 15.8 Å². The van der Waals surface area contributed by atoms with Crippen LogP contribution in [-0.4, -0.2) is 61.3 Å². The molecule has 0 aromatic heterocycles. The second-order valence-corrected chi connectivity index (χ2v) is 12.0. The van der Waals surface area contributed by atoms with Crippen LogP contribution in [-0.2, 0) is 16.6 Å². The van der Waals surface area contributed by atoms with Gasteiger partial charge in [0.05, 0.1) is 11.9 Å². The summed E-state index contributed by atoms with van der Waals surface area (Å²) < 4.78 is 45.2. The number of sulfonamides is 1. The topological polar surface area (TPSA) is 111 Å². The zero-order chi connectivity index (χ0) is 29.4. The molecule has 0 spiro atoms. The molecule has 1 fully saturated rings. The van der Waals surface area contributed by atoms with Crippen LogP contribution in [0.3, 0.4) is 0 Å². The molecule has 1 heterocycles. The van der Waals surface area contributed by atoms with Gasteiger partial charge in [0.1, 0.15) is 23.1 Å². The number of carbonyl (C=O) groups is 1. The van der Waals surface area contributed by atoms with E-state index in [0.717, 1.165) is 63.2 Å². The first-order valence-electron chi connectivity index (χ1n) is 13.7. The van der Waals surface area contributed by atoms with Crippen molar-refractivity contribution in [1.29, 1.82) is 0 Å². The van der Waals surface area contributed by atoms with Crippen molar-refractivity contribution in [2.24, 2.45) is 0 Å². The molecule has 0 bridgehead atoms. The van der Waals surface area contributed by atoms with Crippen LogP contribution in [0.1, 0.15) is 38.2 Å². The van der Waals surface area contributed by atoms with Gasteiger partial charge in [-0.1, -0.05) is 25.5 Å². The number of halogens is 1. The fourth-order valence-electron chi connectivity index (χ4n) is 4.82. The maximum absolute atomic E-state index is 14.2. The average Bonchev–Trinajstić information content (AvgIpc) is 2.93. The van der Waals surface area contributed by atoms with E-state index in [1.165, 1.54) is 12.1 Å². The molecule has 2 amide bonds. The van der Waals surface area contributed by atoms with Crippen LogP contribution in [0.15, 0.2) is 66.7 Å². The number of benzene rings is 3. The van der Waals surface area contributed by atoms with E-state index in [1.807, 2.05) is 29.2 Å². The van der Waals surface area contributed by atoms with E-state index in [0.29, 0.717) is 23.7 Å². The fourth-order valence-corrected chi connectivity index (χ4v) is 5.39. The Hall–Kier alpha value is -3.83. The summed E-state index contributed by atoms with van der Waals surface area (Å²) in [6, 6.07) is 18.0. The van der Waals surface area contributed by atoms with Crippen LogP contribution in [0.4, 0.5) is 20.6 Å². The van der Waals surface area contributed by atoms with Crippen molar-refractivity contribution in [3.05, 3.63) is 78.1 Å². The molecule has 4 rings (SSSR count). The van der Waals surface area contributed by atoms with E-state index in [1.54, 1.807) is 24.3 Å². The van der Waals surface area contributed by atoms with Gasteiger partial charge < -0.3 is 20.1 Å². The highest BCUT2D eigenvalue weighted by Crippen LogP contribution is 2.26. The van der Waals surface area contributed by atoms with E-state index in [2.05, 4.69) is 21.9 Å². The van der Waals surface area contributed by atoms with Crippen LogP contribution in [0.2, 0.25) is 0 Å². The number of amides is 2. The summed E-state index contributed by atoms with van der Waals surface area (Å²) >= 11 is 0.